The minimum absolute atomic E-state index is 0.254. The van der Waals surface area contributed by atoms with Gasteiger partial charge in [0.1, 0.15) is 11.5 Å². The molecule has 5 heteroatoms. The lowest BCUT2D eigenvalue weighted by Gasteiger charge is -2.15. The Hall–Kier alpha value is -3.08. The molecule has 3 rings (SSSR count). The van der Waals surface area contributed by atoms with Gasteiger partial charge in [-0.1, -0.05) is 24.3 Å². The quantitative estimate of drug-likeness (QED) is 0.698. The molecule has 0 unspecified atom stereocenters. The smallest absolute Gasteiger partial charge is 0.308 e. The molecule has 0 N–H and O–H groups in total. The van der Waals surface area contributed by atoms with Crippen molar-refractivity contribution in [1.82, 2.24) is 4.57 Å². The van der Waals surface area contributed by atoms with Gasteiger partial charge in [0.05, 0.1) is 18.3 Å². The molecule has 116 valence electrons. The predicted octanol–water partition coefficient (Wildman–Crippen LogP) is 2.92. The summed E-state index contributed by atoms with van der Waals surface area (Å²) in [5, 5.41) is 0.674. The maximum Gasteiger partial charge on any atom is 0.308 e. The number of para-hydroxylation sites is 3. The minimum atomic E-state index is -0.468. The molecule has 0 aliphatic heterocycles. The number of rotatable bonds is 3. The molecule has 0 radical (unpaired) electrons. The molecule has 0 atom stereocenters. The van der Waals surface area contributed by atoms with Crippen molar-refractivity contribution < 1.29 is 14.3 Å². The lowest BCUT2D eigenvalue weighted by Crippen LogP contribution is -2.19. The van der Waals surface area contributed by atoms with E-state index in [2.05, 4.69) is 0 Å². The van der Waals surface area contributed by atoms with Crippen molar-refractivity contribution in [3.05, 3.63) is 65.0 Å². The maximum atomic E-state index is 12.6. The van der Waals surface area contributed by atoms with Crippen LogP contribution in [0.25, 0.3) is 16.6 Å². The Balaban J connectivity index is 2.37. The molecular formula is C18H15NO4. The summed E-state index contributed by atoms with van der Waals surface area (Å²) in [6.07, 6.45) is 0. The van der Waals surface area contributed by atoms with Crippen molar-refractivity contribution in [3.8, 4) is 17.2 Å². The van der Waals surface area contributed by atoms with Gasteiger partial charge in [0.25, 0.3) is 5.56 Å². The van der Waals surface area contributed by atoms with Crippen LogP contribution in [0.15, 0.2) is 59.4 Å². The second-order valence-corrected chi connectivity index (χ2v) is 4.96. The summed E-state index contributed by atoms with van der Waals surface area (Å²) in [7, 11) is 1.55. The Labute approximate surface area is 132 Å². The van der Waals surface area contributed by atoms with Gasteiger partial charge in [-0.15, -0.1) is 0 Å². The molecule has 5 nitrogen and oxygen atoms in total. The molecule has 0 bridgehead atoms. The molecule has 0 aliphatic carbocycles. The Bertz CT molecular complexity index is 943. The molecule has 0 aliphatic rings. The number of aromatic nitrogens is 1. The van der Waals surface area contributed by atoms with Gasteiger partial charge in [-0.3, -0.25) is 14.2 Å². The zero-order chi connectivity index (χ0) is 16.4. The Morgan fingerprint density at radius 2 is 1.70 bits per heavy atom. The number of methoxy groups -OCH3 is 1. The SMILES string of the molecule is COc1ccccc1-n1c(=O)cc(OC(C)=O)c2ccccc21. The molecule has 1 aromatic heterocycles. The van der Waals surface area contributed by atoms with E-state index in [4.69, 9.17) is 9.47 Å². The highest BCUT2D eigenvalue weighted by molar-refractivity contribution is 5.89. The van der Waals surface area contributed by atoms with Gasteiger partial charge in [-0.2, -0.15) is 0 Å². The molecule has 2 aromatic carbocycles. The number of nitrogens with zero attached hydrogens (tertiary/aromatic N) is 1. The number of hydrogen-bond acceptors (Lipinski definition) is 4. The third-order valence-corrected chi connectivity index (χ3v) is 3.47. The number of fused-ring (bicyclic) bond motifs is 1. The van der Waals surface area contributed by atoms with Gasteiger partial charge < -0.3 is 9.47 Å². The first-order valence-electron chi connectivity index (χ1n) is 7.08. The van der Waals surface area contributed by atoms with Crippen LogP contribution in [0, 0.1) is 0 Å². The molecular weight excluding hydrogens is 294 g/mol. The summed E-state index contributed by atoms with van der Waals surface area (Å²) in [6.45, 7) is 1.31. The number of esters is 1. The molecule has 0 spiro atoms. The lowest BCUT2D eigenvalue weighted by atomic mass is 10.1. The van der Waals surface area contributed by atoms with Crippen LogP contribution in [-0.4, -0.2) is 17.6 Å². The van der Waals surface area contributed by atoms with Gasteiger partial charge in [-0.05, 0) is 24.3 Å². The Morgan fingerprint density at radius 3 is 2.43 bits per heavy atom. The number of hydrogen-bond donors (Lipinski definition) is 0. The first kappa shape index (κ1) is 14.8. The zero-order valence-corrected chi connectivity index (χ0v) is 12.8. The average Bonchev–Trinajstić information content (AvgIpc) is 2.54. The first-order chi connectivity index (χ1) is 11.1. The van der Waals surface area contributed by atoms with Gasteiger partial charge in [0, 0.05) is 18.4 Å². The lowest BCUT2D eigenvalue weighted by molar-refractivity contribution is -0.131. The Morgan fingerprint density at radius 1 is 1.00 bits per heavy atom. The monoisotopic (exact) mass is 309 g/mol. The second kappa shape index (κ2) is 5.96. The summed E-state index contributed by atoms with van der Waals surface area (Å²) < 4.78 is 12.1. The van der Waals surface area contributed by atoms with E-state index in [1.54, 1.807) is 35.9 Å². The molecule has 1 heterocycles. The fourth-order valence-electron chi connectivity index (χ4n) is 2.55. The van der Waals surface area contributed by atoms with Crippen molar-refractivity contribution in [3.63, 3.8) is 0 Å². The number of pyridine rings is 1. The largest absolute Gasteiger partial charge is 0.495 e. The van der Waals surface area contributed by atoms with E-state index in [9.17, 15) is 9.59 Å². The van der Waals surface area contributed by atoms with E-state index >= 15 is 0 Å². The second-order valence-electron chi connectivity index (χ2n) is 4.96. The third kappa shape index (κ3) is 2.68. The fraction of sp³-hybridized carbons (Fsp3) is 0.111. The zero-order valence-electron chi connectivity index (χ0n) is 12.8. The van der Waals surface area contributed by atoms with E-state index in [1.165, 1.54) is 13.0 Å². The van der Waals surface area contributed by atoms with E-state index in [0.717, 1.165) is 0 Å². The van der Waals surface area contributed by atoms with Crippen LogP contribution >= 0.6 is 0 Å². The number of carbonyl (C=O) groups is 1. The van der Waals surface area contributed by atoms with Crippen LogP contribution in [0.1, 0.15) is 6.92 Å². The van der Waals surface area contributed by atoms with Gasteiger partial charge in [0.2, 0.25) is 0 Å². The summed E-state index contributed by atoms with van der Waals surface area (Å²) in [6, 6.07) is 15.8. The summed E-state index contributed by atoms with van der Waals surface area (Å²) in [5.41, 5.74) is 0.968. The van der Waals surface area contributed by atoms with E-state index < -0.39 is 5.97 Å². The molecule has 0 saturated carbocycles. The molecule has 3 aromatic rings. The van der Waals surface area contributed by atoms with E-state index in [-0.39, 0.29) is 11.3 Å². The standard InChI is InChI=1S/C18H15NO4/c1-12(20)23-17-11-18(21)19(14-8-4-3-7-13(14)17)15-9-5-6-10-16(15)22-2/h3-11H,1-2H3. The predicted molar refractivity (Wildman–Crippen MR) is 87.4 cm³/mol. The van der Waals surface area contributed by atoms with Crippen LogP contribution in [-0.2, 0) is 4.79 Å². The highest BCUT2D eigenvalue weighted by Gasteiger charge is 2.14. The van der Waals surface area contributed by atoms with Crippen LogP contribution in [0.2, 0.25) is 0 Å². The molecule has 0 fully saturated rings. The van der Waals surface area contributed by atoms with Crippen LogP contribution < -0.4 is 15.0 Å². The third-order valence-electron chi connectivity index (χ3n) is 3.47. The summed E-state index contributed by atoms with van der Waals surface area (Å²) >= 11 is 0. The molecule has 23 heavy (non-hydrogen) atoms. The van der Waals surface area contributed by atoms with Crippen LogP contribution in [0.4, 0.5) is 0 Å². The first-order valence-corrected chi connectivity index (χ1v) is 7.08. The average molecular weight is 309 g/mol. The van der Waals surface area contributed by atoms with Crippen molar-refractivity contribution >= 4 is 16.9 Å². The van der Waals surface area contributed by atoms with E-state index in [0.29, 0.717) is 22.3 Å². The van der Waals surface area contributed by atoms with Gasteiger partial charge in [0.15, 0.2) is 0 Å². The number of ether oxygens (including phenoxy) is 2. The normalized spacial score (nSPS) is 10.5. The topological polar surface area (TPSA) is 57.5 Å². The maximum absolute atomic E-state index is 12.6. The summed E-state index contributed by atoms with van der Waals surface area (Å²) in [4.78, 5) is 23.9. The van der Waals surface area contributed by atoms with E-state index in [1.807, 2.05) is 24.3 Å². The fourth-order valence-corrected chi connectivity index (χ4v) is 2.55. The minimum Gasteiger partial charge on any atom is -0.495 e. The van der Waals surface area contributed by atoms with Crippen molar-refractivity contribution in [2.24, 2.45) is 0 Å². The van der Waals surface area contributed by atoms with Crippen molar-refractivity contribution in [2.45, 2.75) is 6.92 Å². The molecule has 0 amide bonds. The number of carbonyl (C=O) groups excluding carboxylic acids is 1. The highest BCUT2D eigenvalue weighted by Crippen LogP contribution is 2.29. The van der Waals surface area contributed by atoms with Crippen LogP contribution in [0.5, 0.6) is 11.5 Å². The van der Waals surface area contributed by atoms with Crippen molar-refractivity contribution in [2.75, 3.05) is 7.11 Å². The van der Waals surface area contributed by atoms with Gasteiger partial charge in [-0.25, -0.2) is 0 Å². The highest BCUT2D eigenvalue weighted by atomic mass is 16.5. The van der Waals surface area contributed by atoms with Crippen LogP contribution in [0.3, 0.4) is 0 Å². The Kier molecular flexibility index (Phi) is 3.85. The number of benzene rings is 2. The van der Waals surface area contributed by atoms with Gasteiger partial charge >= 0.3 is 5.97 Å². The summed E-state index contributed by atoms with van der Waals surface area (Å²) in [5.74, 6) is 0.369. The molecule has 0 saturated heterocycles. The van der Waals surface area contributed by atoms with Crippen molar-refractivity contribution in [1.29, 1.82) is 0 Å².